The molecule has 1 N–H and O–H groups in total. The van der Waals surface area contributed by atoms with Crippen molar-refractivity contribution >= 4 is 41.9 Å². The molecule has 0 spiro atoms. The molecule has 144 valence electrons. The molecule has 0 unspecified atom stereocenters. The smallest absolute Gasteiger partial charge is 0.291 e. The summed E-state index contributed by atoms with van der Waals surface area (Å²) in [5.41, 5.74) is -0.666. The number of amides is 3. The molecule has 3 amide bonds. The average Bonchev–Trinajstić information content (AvgIpc) is 2.65. The summed E-state index contributed by atoms with van der Waals surface area (Å²) in [5, 5.41) is 14.0. The fourth-order valence-electron chi connectivity index (χ4n) is 3.06. The van der Waals surface area contributed by atoms with Crippen LogP contribution in [0.15, 0.2) is 36.4 Å². The second kappa shape index (κ2) is 6.75. The molecule has 0 saturated heterocycles. The highest BCUT2D eigenvalue weighted by Gasteiger charge is 2.44. The van der Waals surface area contributed by atoms with E-state index in [-0.39, 0.29) is 22.4 Å². The number of thiol groups is 1. The molecule has 0 radical (unpaired) electrons. The first-order valence-electron chi connectivity index (χ1n) is 8.33. The number of anilines is 1. The van der Waals surface area contributed by atoms with Crippen molar-refractivity contribution in [1.82, 2.24) is 5.32 Å². The first kappa shape index (κ1) is 19.6. The number of hydrogen-bond donors (Lipinski definition) is 2. The van der Waals surface area contributed by atoms with Gasteiger partial charge in [0.15, 0.2) is 0 Å². The van der Waals surface area contributed by atoms with E-state index in [2.05, 4.69) is 18.1 Å². The van der Waals surface area contributed by atoms with Gasteiger partial charge in [0.2, 0.25) is 5.91 Å². The number of imide groups is 1. The number of nitrogens with one attached hydrogen (secondary N) is 1. The Morgan fingerprint density at radius 1 is 1.14 bits per heavy atom. The van der Waals surface area contributed by atoms with Crippen molar-refractivity contribution in [3.8, 4) is 0 Å². The van der Waals surface area contributed by atoms with E-state index in [4.69, 9.17) is 0 Å². The molecule has 1 aliphatic rings. The van der Waals surface area contributed by atoms with E-state index in [1.165, 1.54) is 12.1 Å². The highest BCUT2D eigenvalue weighted by molar-refractivity contribution is 7.82. The van der Waals surface area contributed by atoms with Crippen LogP contribution in [0.3, 0.4) is 0 Å². The Bertz CT molecular complexity index is 1030. The normalized spacial score (nSPS) is 14.9. The van der Waals surface area contributed by atoms with E-state index in [9.17, 15) is 24.5 Å². The van der Waals surface area contributed by atoms with Gasteiger partial charge in [-0.2, -0.15) is 0 Å². The molecule has 0 atom stereocenters. The Morgan fingerprint density at radius 3 is 2.32 bits per heavy atom. The van der Waals surface area contributed by atoms with E-state index < -0.39 is 33.7 Å². The predicted molar refractivity (Wildman–Crippen MR) is 106 cm³/mol. The lowest BCUT2D eigenvalue weighted by molar-refractivity contribution is -0.384. The number of carbonyl (C=O) groups excluding carboxylic acids is 3. The molecule has 2 aromatic carbocycles. The Balaban J connectivity index is 2.17. The van der Waals surface area contributed by atoms with Gasteiger partial charge >= 0.3 is 5.69 Å². The number of benzene rings is 2. The minimum Gasteiger partial charge on any atom is -0.291 e. The Morgan fingerprint density at radius 2 is 1.75 bits per heavy atom. The summed E-state index contributed by atoms with van der Waals surface area (Å²) < 4.78 is 0.833. The molecule has 0 aromatic heterocycles. The van der Waals surface area contributed by atoms with Crippen molar-refractivity contribution in [2.24, 2.45) is 0 Å². The van der Waals surface area contributed by atoms with E-state index in [0.29, 0.717) is 0 Å². The fourth-order valence-corrected chi connectivity index (χ4v) is 3.34. The largest absolute Gasteiger partial charge is 0.306 e. The molecule has 28 heavy (non-hydrogen) atoms. The molecule has 0 fully saturated rings. The van der Waals surface area contributed by atoms with Gasteiger partial charge in [-0.25, -0.2) is 4.31 Å². The highest BCUT2D eigenvalue weighted by atomic mass is 32.1. The van der Waals surface area contributed by atoms with Crippen LogP contribution in [0.5, 0.6) is 0 Å². The van der Waals surface area contributed by atoms with Crippen LogP contribution in [0, 0.1) is 17.0 Å². The molecule has 0 bridgehead atoms. The number of aryl methyl sites for hydroxylation is 1. The quantitative estimate of drug-likeness (QED) is 0.357. The van der Waals surface area contributed by atoms with E-state index >= 15 is 0 Å². The molecule has 1 aliphatic heterocycles. The molecule has 2 aromatic rings. The summed E-state index contributed by atoms with van der Waals surface area (Å²) in [6.07, 6.45) is 0. The van der Waals surface area contributed by atoms with Gasteiger partial charge in [-0.3, -0.25) is 29.8 Å². The lowest BCUT2D eigenvalue weighted by Crippen LogP contribution is -2.49. The maximum absolute atomic E-state index is 12.7. The highest BCUT2D eigenvalue weighted by Crippen LogP contribution is 2.41. The van der Waals surface area contributed by atoms with Gasteiger partial charge in [0.25, 0.3) is 11.8 Å². The zero-order valence-electron chi connectivity index (χ0n) is 15.3. The summed E-state index contributed by atoms with van der Waals surface area (Å²) in [7, 11) is 0. The standard InChI is InChI=1S/C19H17N3O5S/c1-10-4-6-11(7-5-10)17(24)21(28)13-9-8-12-14(15(13)22(26)27)16(23)20-18(25)19(12,2)3/h4-9,28H,1-3H3,(H,20,23,25). The van der Waals surface area contributed by atoms with Crippen LogP contribution >= 0.6 is 12.8 Å². The minimum absolute atomic E-state index is 0.155. The second-order valence-electron chi connectivity index (χ2n) is 7.00. The van der Waals surface area contributed by atoms with Gasteiger partial charge < -0.3 is 0 Å². The van der Waals surface area contributed by atoms with Crippen molar-refractivity contribution < 1.29 is 19.3 Å². The van der Waals surface area contributed by atoms with Gasteiger partial charge in [0.1, 0.15) is 11.3 Å². The van der Waals surface area contributed by atoms with Crippen LogP contribution < -0.4 is 9.62 Å². The van der Waals surface area contributed by atoms with Crippen molar-refractivity contribution in [1.29, 1.82) is 0 Å². The Hall–Kier alpha value is -3.20. The molecule has 3 rings (SSSR count). The van der Waals surface area contributed by atoms with Crippen LogP contribution in [-0.2, 0) is 10.2 Å². The van der Waals surface area contributed by atoms with Crippen molar-refractivity contribution in [3.63, 3.8) is 0 Å². The maximum Gasteiger partial charge on any atom is 0.306 e. The predicted octanol–water partition coefficient (Wildman–Crippen LogP) is 2.94. The summed E-state index contributed by atoms with van der Waals surface area (Å²) in [6, 6.07) is 9.40. The zero-order valence-corrected chi connectivity index (χ0v) is 16.2. The summed E-state index contributed by atoms with van der Waals surface area (Å²) >= 11 is 4.15. The minimum atomic E-state index is -1.14. The molecule has 9 heteroatoms. The third kappa shape index (κ3) is 3.03. The molecule has 0 saturated carbocycles. The maximum atomic E-state index is 12.7. The third-order valence-corrected chi connectivity index (χ3v) is 5.15. The summed E-state index contributed by atoms with van der Waals surface area (Å²) in [4.78, 5) is 48.3. The Labute approximate surface area is 166 Å². The second-order valence-corrected chi connectivity index (χ2v) is 7.40. The van der Waals surface area contributed by atoms with Crippen molar-refractivity contribution in [2.45, 2.75) is 26.2 Å². The van der Waals surface area contributed by atoms with Crippen LogP contribution in [0.1, 0.15) is 45.7 Å². The van der Waals surface area contributed by atoms with Gasteiger partial charge in [-0.05, 0) is 44.5 Å². The molecular formula is C19H17N3O5S. The number of carbonyl (C=O) groups is 3. The zero-order chi connectivity index (χ0) is 20.8. The average molecular weight is 399 g/mol. The van der Waals surface area contributed by atoms with E-state index in [0.717, 1.165) is 9.87 Å². The molecule has 8 nitrogen and oxygen atoms in total. The third-order valence-electron chi connectivity index (χ3n) is 4.75. The number of nitrogens with zero attached hydrogens (tertiary/aromatic N) is 2. The SMILES string of the molecule is Cc1ccc(C(=O)N(S)c2ccc3c(c2[N+](=O)[O-])C(=O)NC(=O)C3(C)C)cc1. The van der Waals surface area contributed by atoms with Crippen LogP contribution in [0.4, 0.5) is 11.4 Å². The molecule has 1 heterocycles. The number of fused-ring (bicyclic) bond motifs is 1. The lowest BCUT2D eigenvalue weighted by Gasteiger charge is -2.31. The van der Waals surface area contributed by atoms with E-state index in [1.807, 2.05) is 6.92 Å². The van der Waals surface area contributed by atoms with Gasteiger partial charge in [-0.1, -0.05) is 36.6 Å². The Kier molecular flexibility index (Phi) is 4.72. The topological polar surface area (TPSA) is 110 Å². The van der Waals surface area contributed by atoms with Crippen molar-refractivity contribution in [3.05, 3.63) is 68.8 Å². The van der Waals surface area contributed by atoms with Crippen LogP contribution in [0.2, 0.25) is 0 Å². The van der Waals surface area contributed by atoms with Gasteiger partial charge in [0.05, 0.1) is 10.3 Å². The summed E-state index contributed by atoms with van der Waals surface area (Å²) in [6.45, 7) is 4.99. The van der Waals surface area contributed by atoms with Crippen LogP contribution in [0.25, 0.3) is 0 Å². The van der Waals surface area contributed by atoms with Crippen LogP contribution in [-0.4, -0.2) is 22.6 Å². The lowest BCUT2D eigenvalue weighted by atomic mass is 9.77. The first-order valence-corrected chi connectivity index (χ1v) is 8.73. The number of rotatable bonds is 3. The van der Waals surface area contributed by atoms with Gasteiger partial charge in [-0.15, -0.1) is 0 Å². The van der Waals surface area contributed by atoms with Crippen molar-refractivity contribution in [2.75, 3.05) is 4.31 Å². The van der Waals surface area contributed by atoms with E-state index in [1.54, 1.807) is 38.1 Å². The summed E-state index contributed by atoms with van der Waals surface area (Å²) in [5.74, 6) is -2.01. The monoisotopic (exact) mass is 399 g/mol. The van der Waals surface area contributed by atoms with Gasteiger partial charge in [0, 0.05) is 5.56 Å². The molecule has 0 aliphatic carbocycles. The molecular weight excluding hydrogens is 382 g/mol. The first-order chi connectivity index (χ1) is 13.1. The number of nitro benzene ring substituents is 1. The number of nitro groups is 1. The fraction of sp³-hybridized carbons (Fsp3) is 0.211. The number of hydrogen-bond acceptors (Lipinski definition) is 6.